The van der Waals surface area contributed by atoms with E-state index in [2.05, 4.69) is 5.32 Å². The lowest BCUT2D eigenvalue weighted by atomic mass is 10.1. The third-order valence-corrected chi connectivity index (χ3v) is 3.11. The number of benzene rings is 2. The maximum Gasteiger partial charge on any atom is 0.407 e. The minimum Gasteiger partial charge on any atom is -0.507 e. The van der Waals surface area contributed by atoms with Gasteiger partial charge in [0.05, 0.1) is 6.61 Å². The summed E-state index contributed by atoms with van der Waals surface area (Å²) in [6, 6.07) is 10.9. The number of rotatable bonds is 5. The molecule has 0 unspecified atom stereocenters. The van der Waals surface area contributed by atoms with Gasteiger partial charge in [0, 0.05) is 17.3 Å². The normalized spacial score (nSPS) is 11.3. The molecule has 0 spiro atoms. The van der Waals surface area contributed by atoms with E-state index in [1.54, 1.807) is 12.1 Å². The molecule has 0 saturated carbocycles. The van der Waals surface area contributed by atoms with Crippen LogP contribution in [0.5, 0.6) is 11.5 Å². The molecule has 0 bridgehead atoms. The number of carbonyl (C=O) groups excluding carboxylic acids is 1. The van der Waals surface area contributed by atoms with Crippen LogP contribution in [0.1, 0.15) is 27.2 Å². The first kappa shape index (κ1) is 16.9. The smallest absolute Gasteiger partial charge is 0.407 e. The zero-order chi connectivity index (χ0) is 16.9. The first-order valence-electron chi connectivity index (χ1n) is 7.67. The highest BCUT2D eigenvalue weighted by Crippen LogP contribution is 2.31. The van der Waals surface area contributed by atoms with Crippen LogP contribution in [0.3, 0.4) is 0 Å². The molecule has 0 aromatic heterocycles. The fourth-order valence-electron chi connectivity index (χ4n) is 2.15. The Balaban J connectivity index is 1.81. The third kappa shape index (κ3) is 5.06. The summed E-state index contributed by atoms with van der Waals surface area (Å²) in [5.41, 5.74) is -0.495. The second-order valence-electron chi connectivity index (χ2n) is 6.26. The molecule has 2 aromatic rings. The molecule has 2 aromatic carbocycles. The number of phenolic OH excluding ortho intramolecular Hbond substituents is 1. The molecule has 23 heavy (non-hydrogen) atoms. The lowest BCUT2D eigenvalue weighted by Crippen LogP contribution is -2.33. The maximum atomic E-state index is 11.5. The van der Waals surface area contributed by atoms with Gasteiger partial charge in [-0.05, 0) is 39.3 Å². The molecule has 0 atom stereocenters. The zero-order valence-corrected chi connectivity index (χ0v) is 13.8. The first-order valence-corrected chi connectivity index (χ1v) is 7.67. The second kappa shape index (κ2) is 7.22. The van der Waals surface area contributed by atoms with Gasteiger partial charge in [-0.3, -0.25) is 0 Å². The summed E-state index contributed by atoms with van der Waals surface area (Å²) in [4.78, 5) is 11.5. The number of nitrogens with one attached hydrogen (secondary N) is 1. The van der Waals surface area contributed by atoms with Crippen molar-refractivity contribution in [2.45, 2.75) is 32.8 Å². The number of aromatic hydroxyl groups is 1. The maximum absolute atomic E-state index is 11.5. The number of amides is 1. The van der Waals surface area contributed by atoms with Crippen LogP contribution in [0, 0.1) is 0 Å². The van der Waals surface area contributed by atoms with E-state index in [1.165, 1.54) is 0 Å². The SMILES string of the molecule is CC(C)(C)OC(=O)NCCCOc1cccc2c(O)cccc12. The highest BCUT2D eigenvalue weighted by atomic mass is 16.6. The summed E-state index contributed by atoms with van der Waals surface area (Å²) in [5, 5.41) is 14.2. The quantitative estimate of drug-likeness (QED) is 0.822. The highest BCUT2D eigenvalue weighted by Gasteiger charge is 2.15. The number of carbonyl (C=O) groups is 1. The second-order valence-corrected chi connectivity index (χ2v) is 6.26. The van der Waals surface area contributed by atoms with E-state index >= 15 is 0 Å². The van der Waals surface area contributed by atoms with Gasteiger partial charge in [-0.25, -0.2) is 4.79 Å². The molecule has 0 aliphatic carbocycles. The predicted octanol–water partition coefficient (Wildman–Crippen LogP) is 3.84. The van der Waals surface area contributed by atoms with E-state index < -0.39 is 11.7 Å². The number of ether oxygens (including phenoxy) is 2. The van der Waals surface area contributed by atoms with Crippen LogP contribution in [0.4, 0.5) is 4.79 Å². The fraction of sp³-hybridized carbons (Fsp3) is 0.389. The van der Waals surface area contributed by atoms with Crippen LogP contribution in [-0.4, -0.2) is 30.0 Å². The van der Waals surface area contributed by atoms with E-state index in [9.17, 15) is 9.90 Å². The molecule has 0 radical (unpaired) electrons. The number of alkyl carbamates (subject to hydrolysis) is 1. The molecule has 0 saturated heterocycles. The molecule has 2 N–H and O–H groups in total. The molecule has 0 fully saturated rings. The van der Waals surface area contributed by atoms with Crippen LogP contribution < -0.4 is 10.1 Å². The summed E-state index contributed by atoms with van der Waals surface area (Å²) in [6.45, 7) is 6.42. The van der Waals surface area contributed by atoms with Gasteiger partial charge in [0.1, 0.15) is 17.1 Å². The summed E-state index contributed by atoms with van der Waals surface area (Å²) in [5.74, 6) is 0.954. The topological polar surface area (TPSA) is 67.8 Å². The zero-order valence-electron chi connectivity index (χ0n) is 13.8. The van der Waals surface area contributed by atoms with Crippen molar-refractivity contribution in [1.82, 2.24) is 5.32 Å². The van der Waals surface area contributed by atoms with E-state index in [-0.39, 0.29) is 5.75 Å². The monoisotopic (exact) mass is 317 g/mol. The minimum atomic E-state index is -0.495. The molecule has 0 aliphatic heterocycles. The largest absolute Gasteiger partial charge is 0.507 e. The molecular weight excluding hydrogens is 294 g/mol. The number of hydrogen-bond donors (Lipinski definition) is 2. The van der Waals surface area contributed by atoms with Crippen molar-refractivity contribution in [2.24, 2.45) is 0 Å². The Kier molecular flexibility index (Phi) is 5.32. The lowest BCUT2D eigenvalue weighted by Gasteiger charge is -2.19. The van der Waals surface area contributed by atoms with E-state index in [0.29, 0.717) is 19.6 Å². The number of phenols is 1. The lowest BCUT2D eigenvalue weighted by molar-refractivity contribution is 0.0525. The van der Waals surface area contributed by atoms with Crippen LogP contribution in [0.15, 0.2) is 36.4 Å². The van der Waals surface area contributed by atoms with Crippen molar-refractivity contribution in [1.29, 1.82) is 0 Å². The van der Waals surface area contributed by atoms with Gasteiger partial charge in [-0.1, -0.05) is 24.3 Å². The van der Waals surface area contributed by atoms with Gasteiger partial charge in [0.15, 0.2) is 0 Å². The summed E-state index contributed by atoms with van der Waals surface area (Å²) < 4.78 is 10.9. The van der Waals surface area contributed by atoms with Gasteiger partial charge < -0.3 is 19.9 Å². The summed E-state index contributed by atoms with van der Waals surface area (Å²) in [7, 11) is 0. The number of hydrogen-bond acceptors (Lipinski definition) is 4. The fourth-order valence-corrected chi connectivity index (χ4v) is 2.15. The first-order chi connectivity index (χ1) is 10.9. The molecule has 0 aliphatic rings. The molecule has 2 rings (SSSR count). The molecule has 1 amide bonds. The van der Waals surface area contributed by atoms with Crippen LogP contribution in [0.25, 0.3) is 10.8 Å². The Morgan fingerprint density at radius 1 is 1.13 bits per heavy atom. The van der Waals surface area contributed by atoms with Gasteiger partial charge in [-0.2, -0.15) is 0 Å². The van der Waals surface area contributed by atoms with Gasteiger partial charge >= 0.3 is 6.09 Å². The number of fused-ring (bicyclic) bond motifs is 1. The predicted molar refractivity (Wildman–Crippen MR) is 90.0 cm³/mol. The molecule has 5 nitrogen and oxygen atoms in total. The van der Waals surface area contributed by atoms with Crippen LogP contribution >= 0.6 is 0 Å². The minimum absolute atomic E-state index is 0.236. The van der Waals surface area contributed by atoms with Crippen molar-refractivity contribution < 1.29 is 19.4 Å². The van der Waals surface area contributed by atoms with Crippen molar-refractivity contribution in [3.63, 3.8) is 0 Å². The average Bonchev–Trinajstić information content (AvgIpc) is 2.46. The van der Waals surface area contributed by atoms with Gasteiger partial charge in [0.25, 0.3) is 0 Å². The van der Waals surface area contributed by atoms with Crippen LogP contribution in [-0.2, 0) is 4.74 Å². The Morgan fingerprint density at radius 3 is 2.57 bits per heavy atom. The highest BCUT2D eigenvalue weighted by molar-refractivity contribution is 5.92. The van der Waals surface area contributed by atoms with Crippen molar-refractivity contribution in [2.75, 3.05) is 13.2 Å². The van der Waals surface area contributed by atoms with Crippen molar-refractivity contribution in [3.05, 3.63) is 36.4 Å². The Hall–Kier alpha value is -2.43. The standard InChI is InChI=1S/C18H23NO4/c1-18(2,3)23-17(21)19-11-6-12-22-16-10-5-7-13-14(16)8-4-9-15(13)20/h4-5,7-10,20H,6,11-12H2,1-3H3,(H,19,21). The van der Waals surface area contributed by atoms with E-state index in [4.69, 9.17) is 9.47 Å². The van der Waals surface area contributed by atoms with E-state index in [1.807, 2.05) is 45.0 Å². The Labute approximate surface area is 136 Å². The van der Waals surface area contributed by atoms with E-state index in [0.717, 1.165) is 16.5 Å². The molecule has 5 heteroatoms. The third-order valence-electron chi connectivity index (χ3n) is 3.11. The van der Waals surface area contributed by atoms with Gasteiger partial charge in [0.2, 0.25) is 0 Å². The Bertz CT molecular complexity index is 676. The van der Waals surface area contributed by atoms with Crippen molar-refractivity contribution >= 4 is 16.9 Å². The molecule has 124 valence electrons. The average molecular weight is 317 g/mol. The molecule has 0 heterocycles. The Morgan fingerprint density at radius 2 is 1.83 bits per heavy atom. The molecular formula is C18H23NO4. The summed E-state index contributed by atoms with van der Waals surface area (Å²) in [6.07, 6.45) is 0.238. The van der Waals surface area contributed by atoms with Gasteiger partial charge in [-0.15, -0.1) is 0 Å². The van der Waals surface area contributed by atoms with Crippen LogP contribution in [0.2, 0.25) is 0 Å². The summed E-state index contributed by atoms with van der Waals surface area (Å²) >= 11 is 0. The van der Waals surface area contributed by atoms with Crippen molar-refractivity contribution in [3.8, 4) is 11.5 Å².